The standard InChI is InChI=1S/C18H38N2/c1-15(2)8-11-20(12-9-16(3)4)14-18(19)10-6-7-17(5)13-18/h15-17H,6-14,19H2,1-5H3. The maximum Gasteiger partial charge on any atom is 0.0285 e. The van der Waals surface area contributed by atoms with Crippen LogP contribution >= 0.6 is 0 Å². The van der Waals surface area contributed by atoms with Gasteiger partial charge in [-0.3, -0.25) is 0 Å². The van der Waals surface area contributed by atoms with Gasteiger partial charge in [0.2, 0.25) is 0 Å². The zero-order valence-corrected chi connectivity index (χ0v) is 14.6. The summed E-state index contributed by atoms with van der Waals surface area (Å²) in [5.41, 5.74) is 6.80. The molecule has 20 heavy (non-hydrogen) atoms. The quantitative estimate of drug-likeness (QED) is 0.719. The third kappa shape index (κ3) is 7.08. The minimum Gasteiger partial charge on any atom is -0.324 e. The van der Waals surface area contributed by atoms with Crippen molar-refractivity contribution in [3.05, 3.63) is 0 Å². The Morgan fingerprint density at radius 1 is 1.10 bits per heavy atom. The Morgan fingerprint density at radius 2 is 1.65 bits per heavy atom. The van der Waals surface area contributed by atoms with Gasteiger partial charge in [-0.15, -0.1) is 0 Å². The van der Waals surface area contributed by atoms with Gasteiger partial charge in [-0.2, -0.15) is 0 Å². The second-order valence-electron chi connectivity index (χ2n) is 8.21. The molecular weight excluding hydrogens is 244 g/mol. The molecule has 0 saturated heterocycles. The van der Waals surface area contributed by atoms with E-state index in [0.717, 1.165) is 24.3 Å². The van der Waals surface area contributed by atoms with Crippen molar-refractivity contribution in [2.45, 2.75) is 78.7 Å². The Balaban J connectivity index is 2.52. The first-order chi connectivity index (χ1) is 9.31. The fourth-order valence-electron chi connectivity index (χ4n) is 3.44. The van der Waals surface area contributed by atoms with Crippen LogP contribution in [0.3, 0.4) is 0 Å². The highest BCUT2D eigenvalue weighted by molar-refractivity contribution is 4.92. The highest BCUT2D eigenvalue weighted by Gasteiger charge is 2.32. The molecule has 1 saturated carbocycles. The maximum atomic E-state index is 6.72. The summed E-state index contributed by atoms with van der Waals surface area (Å²) in [7, 11) is 0. The molecule has 0 aromatic heterocycles. The second kappa shape index (κ2) is 8.38. The van der Waals surface area contributed by atoms with Crippen molar-refractivity contribution in [2.75, 3.05) is 19.6 Å². The first-order valence-corrected chi connectivity index (χ1v) is 8.82. The summed E-state index contributed by atoms with van der Waals surface area (Å²) in [5, 5.41) is 0. The first kappa shape index (κ1) is 18.0. The highest BCUT2D eigenvalue weighted by Crippen LogP contribution is 2.31. The van der Waals surface area contributed by atoms with E-state index in [1.807, 2.05) is 0 Å². The molecule has 2 atom stereocenters. The van der Waals surface area contributed by atoms with E-state index in [1.165, 1.54) is 51.6 Å². The van der Waals surface area contributed by atoms with Crippen LogP contribution in [0.5, 0.6) is 0 Å². The summed E-state index contributed by atoms with van der Waals surface area (Å²) in [4.78, 5) is 2.65. The normalized spacial score (nSPS) is 27.8. The van der Waals surface area contributed by atoms with Crippen LogP contribution in [-0.4, -0.2) is 30.1 Å². The lowest BCUT2D eigenvalue weighted by Gasteiger charge is -2.41. The van der Waals surface area contributed by atoms with Gasteiger partial charge in [0.1, 0.15) is 0 Å². The Morgan fingerprint density at radius 3 is 2.10 bits per heavy atom. The molecule has 0 amide bonds. The van der Waals surface area contributed by atoms with Gasteiger partial charge < -0.3 is 10.6 Å². The fraction of sp³-hybridized carbons (Fsp3) is 1.00. The van der Waals surface area contributed by atoms with Crippen LogP contribution in [0.4, 0.5) is 0 Å². The molecule has 1 aliphatic rings. The van der Waals surface area contributed by atoms with Crippen LogP contribution in [0.25, 0.3) is 0 Å². The zero-order valence-electron chi connectivity index (χ0n) is 14.6. The highest BCUT2D eigenvalue weighted by atomic mass is 15.1. The summed E-state index contributed by atoms with van der Waals surface area (Å²) in [6.07, 6.45) is 7.72. The molecule has 1 aliphatic carbocycles. The number of nitrogens with zero attached hydrogens (tertiary/aromatic N) is 1. The van der Waals surface area contributed by atoms with Crippen molar-refractivity contribution in [2.24, 2.45) is 23.5 Å². The number of nitrogens with two attached hydrogens (primary N) is 1. The minimum atomic E-state index is 0.0750. The van der Waals surface area contributed by atoms with Gasteiger partial charge in [-0.05, 0) is 56.5 Å². The molecule has 0 aromatic carbocycles. The van der Waals surface area contributed by atoms with Crippen LogP contribution < -0.4 is 5.73 Å². The van der Waals surface area contributed by atoms with E-state index in [1.54, 1.807) is 0 Å². The fourth-order valence-corrected chi connectivity index (χ4v) is 3.44. The molecule has 0 radical (unpaired) electrons. The van der Waals surface area contributed by atoms with Gasteiger partial charge in [0.05, 0.1) is 0 Å². The topological polar surface area (TPSA) is 29.3 Å². The molecule has 0 bridgehead atoms. The van der Waals surface area contributed by atoms with Crippen molar-refractivity contribution >= 4 is 0 Å². The van der Waals surface area contributed by atoms with E-state index in [-0.39, 0.29) is 5.54 Å². The Labute approximate surface area is 127 Å². The van der Waals surface area contributed by atoms with Crippen LogP contribution in [0.1, 0.15) is 73.1 Å². The van der Waals surface area contributed by atoms with Crippen molar-refractivity contribution < 1.29 is 0 Å². The summed E-state index contributed by atoms with van der Waals surface area (Å²) >= 11 is 0. The smallest absolute Gasteiger partial charge is 0.0285 e. The van der Waals surface area contributed by atoms with E-state index in [2.05, 4.69) is 39.5 Å². The first-order valence-electron chi connectivity index (χ1n) is 8.82. The van der Waals surface area contributed by atoms with Crippen LogP contribution in [-0.2, 0) is 0 Å². The Kier molecular flexibility index (Phi) is 7.53. The molecule has 1 rings (SSSR count). The van der Waals surface area contributed by atoms with Crippen LogP contribution in [0.2, 0.25) is 0 Å². The van der Waals surface area contributed by atoms with Crippen molar-refractivity contribution in [3.63, 3.8) is 0 Å². The zero-order chi connectivity index (χ0) is 15.2. The third-order valence-electron chi connectivity index (χ3n) is 4.71. The molecule has 2 nitrogen and oxygen atoms in total. The lowest BCUT2D eigenvalue weighted by Crippen LogP contribution is -2.53. The summed E-state index contributed by atoms with van der Waals surface area (Å²) in [6.45, 7) is 15.2. The predicted octanol–water partition coefficient (Wildman–Crippen LogP) is 4.29. The number of rotatable bonds is 8. The summed E-state index contributed by atoms with van der Waals surface area (Å²) in [5.74, 6) is 2.39. The molecule has 0 heterocycles. The lowest BCUT2D eigenvalue weighted by molar-refractivity contribution is 0.141. The number of hydrogen-bond donors (Lipinski definition) is 1. The molecule has 2 unspecified atom stereocenters. The number of hydrogen-bond acceptors (Lipinski definition) is 2. The van der Waals surface area contributed by atoms with E-state index >= 15 is 0 Å². The van der Waals surface area contributed by atoms with Gasteiger partial charge in [-0.1, -0.05) is 47.5 Å². The second-order valence-corrected chi connectivity index (χ2v) is 8.21. The molecule has 0 spiro atoms. The summed E-state index contributed by atoms with van der Waals surface area (Å²) in [6, 6.07) is 0. The van der Waals surface area contributed by atoms with Gasteiger partial charge >= 0.3 is 0 Å². The van der Waals surface area contributed by atoms with Crippen LogP contribution in [0.15, 0.2) is 0 Å². The van der Waals surface area contributed by atoms with Crippen molar-refractivity contribution in [3.8, 4) is 0 Å². The molecule has 2 N–H and O–H groups in total. The van der Waals surface area contributed by atoms with Gasteiger partial charge in [0.25, 0.3) is 0 Å². The van der Waals surface area contributed by atoms with Crippen molar-refractivity contribution in [1.29, 1.82) is 0 Å². The predicted molar refractivity (Wildman–Crippen MR) is 89.9 cm³/mol. The van der Waals surface area contributed by atoms with E-state index in [4.69, 9.17) is 5.73 Å². The largest absolute Gasteiger partial charge is 0.324 e. The molecule has 0 aliphatic heterocycles. The maximum absolute atomic E-state index is 6.72. The van der Waals surface area contributed by atoms with Crippen LogP contribution in [0, 0.1) is 17.8 Å². The summed E-state index contributed by atoms with van der Waals surface area (Å²) < 4.78 is 0. The van der Waals surface area contributed by atoms with Gasteiger partial charge in [0.15, 0.2) is 0 Å². The molecule has 2 heteroatoms. The minimum absolute atomic E-state index is 0.0750. The Bertz CT molecular complexity index is 250. The monoisotopic (exact) mass is 282 g/mol. The molecule has 120 valence electrons. The van der Waals surface area contributed by atoms with E-state index < -0.39 is 0 Å². The van der Waals surface area contributed by atoms with Gasteiger partial charge in [-0.25, -0.2) is 0 Å². The average molecular weight is 283 g/mol. The SMILES string of the molecule is CC(C)CCN(CCC(C)C)CC1(N)CCCC(C)C1. The molecule has 1 fully saturated rings. The third-order valence-corrected chi connectivity index (χ3v) is 4.71. The van der Waals surface area contributed by atoms with E-state index in [9.17, 15) is 0 Å². The lowest BCUT2D eigenvalue weighted by atomic mass is 9.76. The average Bonchev–Trinajstić information content (AvgIpc) is 2.32. The molecular formula is C18H38N2. The molecule has 0 aromatic rings. The van der Waals surface area contributed by atoms with Crippen molar-refractivity contribution in [1.82, 2.24) is 4.90 Å². The van der Waals surface area contributed by atoms with Gasteiger partial charge in [0, 0.05) is 12.1 Å². The Hall–Kier alpha value is -0.0800. The van der Waals surface area contributed by atoms with E-state index in [0.29, 0.717) is 0 Å².